The van der Waals surface area contributed by atoms with Gasteiger partial charge in [-0.15, -0.1) is 6.58 Å². The maximum Gasteiger partial charge on any atom is 0.305 e. The lowest BCUT2D eigenvalue weighted by atomic mass is 10.0. The van der Waals surface area contributed by atoms with Crippen LogP contribution in [-0.4, -0.2) is 23.0 Å². The number of nitrogens with one attached hydrogen (secondary N) is 1. The van der Waals surface area contributed by atoms with Gasteiger partial charge in [0, 0.05) is 12.5 Å². The van der Waals surface area contributed by atoms with Gasteiger partial charge in [-0.3, -0.25) is 9.59 Å². The van der Waals surface area contributed by atoms with E-state index in [9.17, 15) is 18.4 Å². The second-order valence-electron chi connectivity index (χ2n) is 4.64. The highest BCUT2D eigenvalue weighted by Crippen LogP contribution is 2.12. The Hall–Kier alpha value is -2.24. The number of carbonyl (C=O) groups excluding carboxylic acids is 1. The van der Waals surface area contributed by atoms with Crippen molar-refractivity contribution in [2.75, 3.05) is 0 Å². The Labute approximate surface area is 121 Å². The van der Waals surface area contributed by atoms with E-state index in [1.165, 1.54) is 6.07 Å². The number of carbonyl (C=O) groups is 2. The summed E-state index contributed by atoms with van der Waals surface area (Å²) in [7, 11) is 0. The molecule has 0 saturated carbocycles. The fourth-order valence-corrected chi connectivity index (χ4v) is 1.87. The molecule has 0 saturated heterocycles. The van der Waals surface area contributed by atoms with Crippen molar-refractivity contribution in [2.24, 2.45) is 0 Å². The molecular formula is C15H17F2NO3. The molecule has 1 aromatic rings. The second-order valence-corrected chi connectivity index (χ2v) is 4.64. The van der Waals surface area contributed by atoms with Gasteiger partial charge in [-0.1, -0.05) is 12.1 Å². The van der Waals surface area contributed by atoms with Crippen LogP contribution in [0.4, 0.5) is 8.78 Å². The van der Waals surface area contributed by atoms with E-state index in [0.29, 0.717) is 12.0 Å². The van der Waals surface area contributed by atoms with Crippen LogP contribution < -0.4 is 5.32 Å². The first kappa shape index (κ1) is 16.8. The molecule has 6 heteroatoms. The van der Waals surface area contributed by atoms with Crippen molar-refractivity contribution in [3.05, 3.63) is 48.1 Å². The molecule has 0 unspecified atom stereocenters. The van der Waals surface area contributed by atoms with Gasteiger partial charge in [0.05, 0.1) is 6.42 Å². The molecule has 21 heavy (non-hydrogen) atoms. The first-order chi connectivity index (χ1) is 9.92. The zero-order valence-corrected chi connectivity index (χ0v) is 11.4. The predicted octanol–water partition coefficient (Wildman–Crippen LogP) is 2.43. The third-order valence-electron chi connectivity index (χ3n) is 2.83. The molecule has 1 rings (SSSR count). The Kier molecular flexibility index (Phi) is 6.52. The topological polar surface area (TPSA) is 66.4 Å². The summed E-state index contributed by atoms with van der Waals surface area (Å²) in [6.45, 7) is 3.49. The summed E-state index contributed by atoms with van der Waals surface area (Å²) in [4.78, 5) is 22.4. The summed E-state index contributed by atoms with van der Waals surface area (Å²) < 4.78 is 26.0. The summed E-state index contributed by atoms with van der Waals surface area (Å²) >= 11 is 0. The van der Waals surface area contributed by atoms with Crippen molar-refractivity contribution >= 4 is 11.9 Å². The SMILES string of the molecule is C=CCCC(=O)N[C@@H](CC(=O)O)Cc1ccc(F)c(F)c1. The molecule has 0 bridgehead atoms. The molecule has 0 aliphatic heterocycles. The molecule has 0 spiro atoms. The lowest BCUT2D eigenvalue weighted by Gasteiger charge is -2.17. The lowest BCUT2D eigenvalue weighted by molar-refractivity contribution is -0.137. The van der Waals surface area contributed by atoms with Gasteiger partial charge in [0.25, 0.3) is 0 Å². The molecule has 0 aliphatic rings. The average Bonchev–Trinajstić information content (AvgIpc) is 2.40. The Morgan fingerprint density at radius 3 is 2.62 bits per heavy atom. The van der Waals surface area contributed by atoms with Gasteiger partial charge in [0.15, 0.2) is 11.6 Å². The van der Waals surface area contributed by atoms with E-state index in [-0.39, 0.29) is 25.2 Å². The third kappa shape index (κ3) is 6.16. The summed E-state index contributed by atoms with van der Waals surface area (Å²) in [5.74, 6) is -3.35. The van der Waals surface area contributed by atoms with Crippen molar-refractivity contribution in [3.63, 3.8) is 0 Å². The minimum atomic E-state index is -1.08. The van der Waals surface area contributed by atoms with Gasteiger partial charge < -0.3 is 10.4 Å². The van der Waals surface area contributed by atoms with Crippen LogP contribution in [0, 0.1) is 11.6 Å². The maximum absolute atomic E-state index is 13.1. The van der Waals surface area contributed by atoms with Crippen LogP contribution in [0.5, 0.6) is 0 Å². The molecule has 0 fully saturated rings. The molecule has 114 valence electrons. The van der Waals surface area contributed by atoms with Gasteiger partial charge in [-0.25, -0.2) is 8.78 Å². The monoisotopic (exact) mass is 297 g/mol. The van der Waals surface area contributed by atoms with Crippen LogP contribution in [-0.2, 0) is 16.0 Å². The number of rotatable bonds is 8. The number of hydrogen-bond donors (Lipinski definition) is 2. The molecule has 1 atom stereocenters. The number of carboxylic acids is 1. The smallest absolute Gasteiger partial charge is 0.305 e. The Balaban J connectivity index is 2.72. The zero-order valence-electron chi connectivity index (χ0n) is 11.4. The number of hydrogen-bond acceptors (Lipinski definition) is 2. The second kappa shape index (κ2) is 8.14. The van der Waals surface area contributed by atoms with Crippen molar-refractivity contribution < 1.29 is 23.5 Å². The molecule has 0 aliphatic carbocycles. The van der Waals surface area contributed by atoms with Gasteiger partial charge in [0.1, 0.15) is 0 Å². The quantitative estimate of drug-likeness (QED) is 0.724. The van der Waals surface area contributed by atoms with E-state index in [1.54, 1.807) is 6.08 Å². The fraction of sp³-hybridized carbons (Fsp3) is 0.333. The minimum Gasteiger partial charge on any atom is -0.481 e. The number of carboxylic acid groups (broad SMARTS) is 1. The molecule has 0 heterocycles. The summed E-state index contributed by atoms with van der Waals surface area (Å²) in [6, 6.07) is 2.66. The van der Waals surface area contributed by atoms with Crippen LogP contribution in [0.25, 0.3) is 0 Å². The Morgan fingerprint density at radius 2 is 2.05 bits per heavy atom. The van der Waals surface area contributed by atoms with E-state index in [1.807, 2.05) is 0 Å². The van der Waals surface area contributed by atoms with Gasteiger partial charge in [-0.2, -0.15) is 0 Å². The normalized spacial score (nSPS) is 11.7. The number of halogens is 2. The number of amides is 1. The van der Waals surface area contributed by atoms with Crippen LogP contribution in [0.15, 0.2) is 30.9 Å². The highest BCUT2D eigenvalue weighted by atomic mass is 19.2. The van der Waals surface area contributed by atoms with Crippen LogP contribution in [0.2, 0.25) is 0 Å². The highest BCUT2D eigenvalue weighted by Gasteiger charge is 2.17. The van der Waals surface area contributed by atoms with E-state index in [4.69, 9.17) is 5.11 Å². The molecule has 2 N–H and O–H groups in total. The van der Waals surface area contributed by atoms with Gasteiger partial charge >= 0.3 is 5.97 Å². The summed E-state index contributed by atoms with van der Waals surface area (Å²) in [5, 5.41) is 11.4. The predicted molar refractivity (Wildman–Crippen MR) is 73.7 cm³/mol. The summed E-state index contributed by atoms with van der Waals surface area (Å²) in [5.41, 5.74) is 0.421. The van der Waals surface area contributed by atoms with Gasteiger partial charge in [0.2, 0.25) is 5.91 Å². The highest BCUT2D eigenvalue weighted by molar-refractivity contribution is 5.77. The lowest BCUT2D eigenvalue weighted by Crippen LogP contribution is -2.38. The largest absolute Gasteiger partial charge is 0.481 e. The summed E-state index contributed by atoms with van der Waals surface area (Å²) in [6.07, 6.45) is 2.09. The molecule has 4 nitrogen and oxygen atoms in total. The number of benzene rings is 1. The maximum atomic E-state index is 13.1. The van der Waals surface area contributed by atoms with E-state index >= 15 is 0 Å². The first-order valence-electron chi connectivity index (χ1n) is 6.48. The van der Waals surface area contributed by atoms with E-state index in [0.717, 1.165) is 12.1 Å². The van der Waals surface area contributed by atoms with E-state index in [2.05, 4.69) is 11.9 Å². The molecule has 0 aromatic heterocycles. The Morgan fingerprint density at radius 1 is 1.33 bits per heavy atom. The molecular weight excluding hydrogens is 280 g/mol. The van der Waals surface area contributed by atoms with Gasteiger partial charge in [-0.05, 0) is 30.5 Å². The molecule has 1 aromatic carbocycles. The number of allylic oxidation sites excluding steroid dienone is 1. The standard InChI is InChI=1S/C15H17F2NO3/c1-2-3-4-14(19)18-11(9-15(20)21)7-10-5-6-12(16)13(17)8-10/h2,5-6,8,11H,1,3-4,7,9H2,(H,18,19)(H,20,21)/t11-/m1/s1. The minimum absolute atomic E-state index is 0.114. The zero-order chi connectivity index (χ0) is 15.8. The molecule has 0 radical (unpaired) electrons. The van der Waals surface area contributed by atoms with Crippen LogP contribution in [0.1, 0.15) is 24.8 Å². The van der Waals surface area contributed by atoms with Crippen molar-refractivity contribution in [2.45, 2.75) is 31.7 Å². The average molecular weight is 297 g/mol. The van der Waals surface area contributed by atoms with Crippen molar-refractivity contribution in [1.29, 1.82) is 0 Å². The number of aliphatic carboxylic acids is 1. The fourth-order valence-electron chi connectivity index (χ4n) is 1.87. The Bertz CT molecular complexity index is 532. The van der Waals surface area contributed by atoms with Crippen LogP contribution >= 0.6 is 0 Å². The van der Waals surface area contributed by atoms with Crippen LogP contribution in [0.3, 0.4) is 0 Å². The third-order valence-corrected chi connectivity index (χ3v) is 2.83. The van der Waals surface area contributed by atoms with Crippen molar-refractivity contribution in [1.82, 2.24) is 5.32 Å². The molecule has 1 amide bonds. The van der Waals surface area contributed by atoms with E-state index < -0.39 is 23.6 Å². The van der Waals surface area contributed by atoms with Crippen molar-refractivity contribution in [3.8, 4) is 0 Å². The first-order valence-corrected chi connectivity index (χ1v) is 6.48.